The van der Waals surface area contributed by atoms with Crippen LogP contribution in [-0.4, -0.2) is 31.9 Å². The normalized spacial score (nSPS) is 10.9. The summed E-state index contributed by atoms with van der Waals surface area (Å²) in [5.41, 5.74) is 3.11. The maximum atomic E-state index is 12.3. The Bertz CT molecular complexity index is 1030. The molecule has 0 bridgehead atoms. The van der Waals surface area contributed by atoms with Crippen LogP contribution in [0.15, 0.2) is 33.8 Å². The molecule has 0 fully saturated rings. The number of anilines is 1. The van der Waals surface area contributed by atoms with Crippen LogP contribution in [0.5, 0.6) is 0 Å². The van der Waals surface area contributed by atoms with Crippen LogP contribution < -0.4 is 5.32 Å². The molecule has 9 heteroatoms. The number of amides is 1. The summed E-state index contributed by atoms with van der Waals surface area (Å²) in [4.78, 5) is 12.3. The van der Waals surface area contributed by atoms with Gasteiger partial charge in [0.2, 0.25) is 16.9 Å². The number of nitrogens with zero attached hydrogens (tertiary/aromatic N) is 5. The molecule has 0 aliphatic carbocycles. The number of furan rings is 1. The summed E-state index contributed by atoms with van der Waals surface area (Å²) >= 11 is 1.20. The summed E-state index contributed by atoms with van der Waals surface area (Å²) in [6, 6.07) is 10.0. The second kappa shape index (κ2) is 8.27. The number of carbonyl (C=O) groups is 1. The topological polar surface area (TPSA) is 110 Å². The Labute approximate surface area is 166 Å². The molecule has 2 heterocycles. The number of aryl methyl sites for hydroxylation is 1. The molecule has 0 saturated heterocycles. The smallest absolute Gasteiger partial charge is 0.237 e. The van der Waals surface area contributed by atoms with E-state index in [2.05, 4.69) is 40.8 Å². The maximum absolute atomic E-state index is 12.3. The van der Waals surface area contributed by atoms with Crippen molar-refractivity contribution in [1.82, 2.24) is 20.2 Å². The van der Waals surface area contributed by atoms with E-state index in [1.54, 1.807) is 18.5 Å². The number of thioether (sulfide) groups is 1. The maximum Gasteiger partial charge on any atom is 0.237 e. The van der Waals surface area contributed by atoms with Crippen molar-refractivity contribution in [1.29, 1.82) is 5.26 Å². The molecule has 3 rings (SSSR count). The summed E-state index contributed by atoms with van der Waals surface area (Å²) in [5.74, 6) is 0.988. The van der Waals surface area contributed by atoms with E-state index in [1.165, 1.54) is 17.3 Å². The molecule has 144 valence electrons. The van der Waals surface area contributed by atoms with Crippen LogP contribution in [0.25, 0.3) is 5.69 Å². The van der Waals surface area contributed by atoms with Gasteiger partial charge in [-0.1, -0.05) is 37.7 Å². The van der Waals surface area contributed by atoms with Gasteiger partial charge in [-0.3, -0.25) is 10.1 Å². The lowest BCUT2D eigenvalue weighted by Crippen LogP contribution is -2.15. The zero-order valence-electron chi connectivity index (χ0n) is 16.1. The molecule has 0 saturated carbocycles. The Kier molecular flexibility index (Phi) is 5.80. The zero-order valence-corrected chi connectivity index (χ0v) is 16.9. The fourth-order valence-corrected chi connectivity index (χ4v) is 3.26. The van der Waals surface area contributed by atoms with Crippen molar-refractivity contribution in [3.05, 3.63) is 46.7 Å². The average Bonchev–Trinajstić information content (AvgIpc) is 3.24. The van der Waals surface area contributed by atoms with Gasteiger partial charge in [0.05, 0.1) is 11.4 Å². The second-order valence-corrected chi connectivity index (χ2v) is 7.50. The van der Waals surface area contributed by atoms with Crippen molar-refractivity contribution >= 4 is 23.6 Å². The lowest BCUT2D eigenvalue weighted by molar-refractivity contribution is -0.113. The van der Waals surface area contributed by atoms with E-state index < -0.39 is 0 Å². The number of tetrazole rings is 1. The van der Waals surface area contributed by atoms with Gasteiger partial charge < -0.3 is 4.42 Å². The van der Waals surface area contributed by atoms with Gasteiger partial charge in [-0.25, -0.2) is 0 Å². The molecule has 1 N–H and O–H groups in total. The van der Waals surface area contributed by atoms with E-state index >= 15 is 0 Å². The van der Waals surface area contributed by atoms with Crippen molar-refractivity contribution in [3.8, 4) is 11.8 Å². The Morgan fingerprint density at radius 1 is 1.32 bits per heavy atom. The lowest BCUT2D eigenvalue weighted by Gasteiger charge is -2.08. The quantitative estimate of drug-likeness (QED) is 0.634. The summed E-state index contributed by atoms with van der Waals surface area (Å²) in [6.07, 6.45) is 0. The minimum atomic E-state index is -0.306. The van der Waals surface area contributed by atoms with Crippen LogP contribution >= 0.6 is 11.8 Å². The number of nitriles is 1. The highest BCUT2D eigenvalue weighted by molar-refractivity contribution is 7.99. The molecule has 0 spiro atoms. The van der Waals surface area contributed by atoms with Crippen molar-refractivity contribution < 1.29 is 9.21 Å². The molecule has 0 atom stereocenters. The second-order valence-electron chi connectivity index (χ2n) is 6.56. The Balaban J connectivity index is 1.68. The van der Waals surface area contributed by atoms with Crippen molar-refractivity contribution in [2.75, 3.05) is 11.1 Å². The van der Waals surface area contributed by atoms with Gasteiger partial charge in [-0.05, 0) is 47.9 Å². The van der Waals surface area contributed by atoms with Gasteiger partial charge in [0.1, 0.15) is 17.4 Å². The zero-order chi connectivity index (χ0) is 20.3. The third kappa shape index (κ3) is 4.07. The number of nitrogens with one attached hydrogen (secondary N) is 1. The lowest BCUT2D eigenvalue weighted by atomic mass is 10.0. The highest BCUT2D eigenvalue weighted by atomic mass is 32.2. The van der Waals surface area contributed by atoms with Crippen LogP contribution in [0.1, 0.15) is 42.2 Å². The summed E-state index contributed by atoms with van der Waals surface area (Å²) < 4.78 is 7.05. The van der Waals surface area contributed by atoms with E-state index in [1.807, 2.05) is 24.3 Å². The fraction of sp³-hybridized carbons (Fsp3) is 0.316. The van der Waals surface area contributed by atoms with Crippen molar-refractivity contribution in [3.63, 3.8) is 0 Å². The first-order valence-electron chi connectivity index (χ1n) is 8.72. The van der Waals surface area contributed by atoms with Crippen LogP contribution in [0.4, 0.5) is 5.88 Å². The summed E-state index contributed by atoms with van der Waals surface area (Å²) in [5, 5.41) is 24.1. The number of hydrogen-bond donors (Lipinski definition) is 1. The van der Waals surface area contributed by atoms with E-state index in [4.69, 9.17) is 4.42 Å². The highest BCUT2D eigenvalue weighted by Crippen LogP contribution is 2.26. The first-order chi connectivity index (χ1) is 13.4. The van der Waals surface area contributed by atoms with E-state index in [0.717, 1.165) is 11.3 Å². The first kappa shape index (κ1) is 19.6. The molecule has 2 aromatic heterocycles. The molecule has 3 aromatic rings. The number of benzene rings is 1. The molecule has 0 unspecified atom stereocenters. The molecule has 0 radical (unpaired) electrons. The standard InChI is InChI=1S/C19H20N6O2S/c1-11(2)14-5-7-15(8-6-14)25-19(22-23-24-25)28-10-17(26)21-18-16(9-20)12(3)13(4)27-18/h5-8,11H,10H2,1-4H3,(H,21,26). The monoisotopic (exact) mass is 396 g/mol. The van der Waals surface area contributed by atoms with Gasteiger partial charge in [-0.15, -0.1) is 5.10 Å². The first-order valence-corrected chi connectivity index (χ1v) is 9.70. The molecule has 1 amide bonds. The average molecular weight is 396 g/mol. The molecule has 8 nitrogen and oxygen atoms in total. The van der Waals surface area contributed by atoms with Crippen LogP contribution in [0.3, 0.4) is 0 Å². The third-order valence-corrected chi connectivity index (χ3v) is 5.25. The van der Waals surface area contributed by atoms with Gasteiger partial charge in [0, 0.05) is 5.56 Å². The molecular weight excluding hydrogens is 376 g/mol. The Hall–Kier alpha value is -3.12. The van der Waals surface area contributed by atoms with Crippen molar-refractivity contribution in [2.24, 2.45) is 0 Å². The van der Waals surface area contributed by atoms with Crippen LogP contribution in [-0.2, 0) is 4.79 Å². The largest absolute Gasteiger partial charge is 0.444 e. The number of carbonyl (C=O) groups excluding carboxylic acids is 1. The fourth-order valence-electron chi connectivity index (χ4n) is 2.57. The minimum absolute atomic E-state index is 0.0775. The van der Waals surface area contributed by atoms with E-state index in [-0.39, 0.29) is 17.5 Å². The Morgan fingerprint density at radius 3 is 2.68 bits per heavy atom. The van der Waals surface area contributed by atoms with E-state index in [9.17, 15) is 10.1 Å². The number of aromatic nitrogens is 4. The van der Waals surface area contributed by atoms with Gasteiger partial charge in [0.25, 0.3) is 0 Å². The molecule has 0 aliphatic rings. The van der Waals surface area contributed by atoms with E-state index in [0.29, 0.717) is 22.4 Å². The summed E-state index contributed by atoms with van der Waals surface area (Å²) in [6.45, 7) is 7.79. The molecule has 28 heavy (non-hydrogen) atoms. The predicted molar refractivity (Wildman–Crippen MR) is 105 cm³/mol. The summed E-state index contributed by atoms with van der Waals surface area (Å²) in [7, 11) is 0. The van der Waals surface area contributed by atoms with Crippen molar-refractivity contribution in [2.45, 2.75) is 38.8 Å². The molecular formula is C19H20N6O2S. The SMILES string of the molecule is Cc1oc(NC(=O)CSc2nnnn2-c2ccc(C(C)C)cc2)c(C#N)c1C. The molecule has 0 aliphatic heterocycles. The third-order valence-electron chi connectivity index (χ3n) is 4.33. The predicted octanol–water partition coefficient (Wildman–Crippen LogP) is 3.60. The Morgan fingerprint density at radius 2 is 2.04 bits per heavy atom. The molecule has 1 aromatic carbocycles. The van der Waals surface area contributed by atoms with Gasteiger partial charge in [-0.2, -0.15) is 9.94 Å². The minimum Gasteiger partial charge on any atom is -0.444 e. The van der Waals surface area contributed by atoms with Crippen LogP contribution in [0.2, 0.25) is 0 Å². The number of hydrogen-bond acceptors (Lipinski definition) is 7. The number of rotatable bonds is 6. The highest BCUT2D eigenvalue weighted by Gasteiger charge is 2.18. The van der Waals surface area contributed by atoms with Gasteiger partial charge >= 0.3 is 0 Å². The van der Waals surface area contributed by atoms with Crippen LogP contribution in [0, 0.1) is 25.2 Å². The van der Waals surface area contributed by atoms with Gasteiger partial charge in [0.15, 0.2) is 0 Å².